The van der Waals surface area contributed by atoms with Gasteiger partial charge in [0.25, 0.3) is 0 Å². The molecule has 158 valence electrons. The zero-order valence-corrected chi connectivity index (χ0v) is 18.4. The maximum Gasteiger partial charge on any atom is 0.226 e. The van der Waals surface area contributed by atoms with Crippen molar-refractivity contribution in [2.45, 2.75) is 32.7 Å². The van der Waals surface area contributed by atoms with Crippen molar-refractivity contribution in [2.75, 3.05) is 24.3 Å². The van der Waals surface area contributed by atoms with Crippen LogP contribution in [0.1, 0.15) is 38.3 Å². The van der Waals surface area contributed by atoms with Gasteiger partial charge in [-0.1, -0.05) is 44.2 Å². The quantitative estimate of drug-likeness (QED) is 0.676. The van der Waals surface area contributed by atoms with Gasteiger partial charge >= 0.3 is 0 Å². The smallest absolute Gasteiger partial charge is 0.226 e. The van der Waals surface area contributed by atoms with E-state index in [1.807, 2.05) is 49.1 Å². The number of anilines is 2. The highest BCUT2D eigenvalue weighted by molar-refractivity contribution is 6.00. The second kappa shape index (κ2) is 7.08. The van der Waals surface area contributed by atoms with E-state index < -0.39 is 0 Å². The molecule has 6 heteroatoms. The molecule has 1 aromatic heterocycles. The fraction of sp³-hybridized carbons (Fsp3) is 0.320. The normalized spacial score (nSPS) is 19.5. The number of allylic oxidation sites excluding steroid dienone is 2. The van der Waals surface area contributed by atoms with Crippen molar-refractivity contribution in [2.24, 2.45) is 5.41 Å². The third kappa shape index (κ3) is 3.42. The Morgan fingerprint density at radius 3 is 2.42 bits per heavy atom. The fourth-order valence-electron chi connectivity index (χ4n) is 4.58. The number of fused-ring (bicyclic) bond motifs is 1. The van der Waals surface area contributed by atoms with E-state index in [9.17, 15) is 4.79 Å². The first-order valence-corrected chi connectivity index (χ1v) is 10.6. The summed E-state index contributed by atoms with van der Waals surface area (Å²) in [5.74, 6) is 1.52. The first kappa shape index (κ1) is 19.5. The van der Waals surface area contributed by atoms with Gasteiger partial charge in [0.15, 0.2) is 11.6 Å². The predicted octanol–water partition coefficient (Wildman–Crippen LogP) is 4.67. The van der Waals surface area contributed by atoms with Crippen LogP contribution in [0.15, 0.2) is 65.9 Å². The molecule has 5 rings (SSSR count). The Kier molecular flexibility index (Phi) is 4.46. The van der Waals surface area contributed by atoms with Crippen LogP contribution in [0.25, 0.3) is 11.4 Å². The van der Waals surface area contributed by atoms with E-state index in [-0.39, 0.29) is 17.2 Å². The van der Waals surface area contributed by atoms with Crippen molar-refractivity contribution in [3.8, 4) is 11.4 Å². The van der Waals surface area contributed by atoms with Crippen LogP contribution in [0.2, 0.25) is 0 Å². The Labute approximate surface area is 182 Å². The van der Waals surface area contributed by atoms with Gasteiger partial charge in [-0.3, -0.25) is 4.79 Å². The Bertz CT molecular complexity index is 1170. The molecule has 0 amide bonds. The summed E-state index contributed by atoms with van der Waals surface area (Å²) in [6.07, 6.45) is 1.36. The molecule has 0 fully saturated rings. The summed E-state index contributed by atoms with van der Waals surface area (Å²) in [6.45, 7) is 4.29. The monoisotopic (exact) mass is 413 g/mol. The molecule has 0 radical (unpaired) electrons. The van der Waals surface area contributed by atoms with E-state index in [1.54, 1.807) is 0 Å². The van der Waals surface area contributed by atoms with Gasteiger partial charge in [-0.15, -0.1) is 5.10 Å². The highest BCUT2D eigenvalue weighted by Crippen LogP contribution is 2.45. The van der Waals surface area contributed by atoms with Gasteiger partial charge in [0, 0.05) is 43.0 Å². The average Bonchev–Trinajstić information content (AvgIpc) is 3.15. The van der Waals surface area contributed by atoms with Gasteiger partial charge in [0.2, 0.25) is 5.95 Å². The van der Waals surface area contributed by atoms with E-state index in [2.05, 4.69) is 48.3 Å². The molecule has 1 aliphatic carbocycles. The lowest BCUT2D eigenvalue weighted by molar-refractivity contribution is -0.118. The van der Waals surface area contributed by atoms with E-state index in [0.29, 0.717) is 18.2 Å². The summed E-state index contributed by atoms with van der Waals surface area (Å²) in [5.41, 5.74) is 4.84. The van der Waals surface area contributed by atoms with Crippen LogP contribution in [-0.2, 0) is 4.79 Å². The average molecular weight is 414 g/mol. The number of aromatic nitrogens is 3. The lowest BCUT2D eigenvalue weighted by Crippen LogP contribution is -2.36. The van der Waals surface area contributed by atoms with E-state index >= 15 is 0 Å². The van der Waals surface area contributed by atoms with Crippen LogP contribution < -0.4 is 10.2 Å². The van der Waals surface area contributed by atoms with Gasteiger partial charge < -0.3 is 10.2 Å². The predicted molar refractivity (Wildman–Crippen MR) is 123 cm³/mol. The third-order valence-corrected chi connectivity index (χ3v) is 6.09. The highest BCUT2D eigenvalue weighted by Gasteiger charge is 2.41. The minimum atomic E-state index is -0.265. The number of benzene rings is 2. The number of nitrogens with zero attached hydrogens (tertiary/aromatic N) is 4. The fourth-order valence-corrected chi connectivity index (χ4v) is 4.58. The summed E-state index contributed by atoms with van der Waals surface area (Å²) < 4.78 is 1.87. The number of hydrogen-bond donors (Lipinski definition) is 1. The number of carbonyl (C=O) groups is 1. The molecule has 1 N–H and O–H groups in total. The molecule has 31 heavy (non-hydrogen) atoms. The summed E-state index contributed by atoms with van der Waals surface area (Å²) in [6, 6.07) is 18.1. The number of carbonyl (C=O) groups excluding carboxylic acids is 1. The summed E-state index contributed by atoms with van der Waals surface area (Å²) in [5, 5.41) is 8.30. The molecule has 0 unspecified atom stereocenters. The van der Waals surface area contributed by atoms with Crippen molar-refractivity contribution in [3.63, 3.8) is 0 Å². The number of hydrogen-bond acceptors (Lipinski definition) is 5. The van der Waals surface area contributed by atoms with Crippen molar-refractivity contribution in [1.82, 2.24) is 14.8 Å². The van der Waals surface area contributed by atoms with Crippen LogP contribution in [0.3, 0.4) is 0 Å². The Morgan fingerprint density at radius 2 is 1.74 bits per heavy atom. The van der Waals surface area contributed by atoms with Gasteiger partial charge in [0.1, 0.15) is 6.04 Å². The molecular formula is C25H27N5O. The standard InChI is InChI=1S/C25H27N5O/c1-25(2)14-19-21(20(31)15-25)22(16-8-6-5-7-9-16)30-24(26-19)27-23(28-30)17-10-12-18(13-11-17)29(3)4/h5-13,22H,14-15H2,1-4H3,(H,26,27,28)/t22-/m0/s1. The topological polar surface area (TPSA) is 63.1 Å². The van der Waals surface area contributed by atoms with Gasteiger partial charge in [-0.05, 0) is 41.7 Å². The lowest BCUT2D eigenvalue weighted by Gasteiger charge is -2.38. The number of nitrogens with one attached hydrogen (secondary N) is 1. The molecule has 2 heterocycles. The maximum absolute atomic E-state index is 13.3. The number of Topliss-reactive ketones (excluding diaryl/α,β-unsaturated/α-hetero) is 1. The van der Waals surface area contributed by atoms with Crippen LogP contribution in [-0.4, -0.2) is 34.6 Å². The van der Waals surface area contributed by atoms with Crippen LogP contribution in [0.5, 0.6) is 0 Å². The molecule has 6 nitrogen and oxygen atoms in total. The van der Waals surface area contributed by atoms with Crippen molar-refractivity contribution in [3.05, 3.63) is 71.4 Å². The molecule has 3 aromatic rings. The molecule has 0 saturated carbocycles. The zero-order valence-electron chi connectivity index (χ0n) is 18.4. The van der Waals surface area contributed by atoms with Crippen LogP contribution >= 0.6 is 0 Å². The SMILES string of the molecule is CN(C)c1ccc(-c2nc3n(n2)[C@@H](c2ccccc2)C2=C(CC(C)(C)CC2=O)N3)cc1. The van der Waals surface area contributed by atoms with Crippen molar-refractivity contribution in [1.29, 1.82) is 0 Å². The number of rotatable bonds is 3. The number of ketones is 1. The molecule has 2 aliphatic rings. The largest absolute Gasteiger partial charge is 0.378 e. The van der Waals surface area contributed by atoms with Gasteiger partial charge in [-0.2, -0.15) is 4.98 Å². The van der Waals surface area contributed by atoms with Crippen LogP contribution in [0.4, 0.5) is 11.6 Å². The Balaban J connectivity index is 1.62. The Hall–Kier alpha value is -3.41. The lowest BCUT2D eigenvalue weighted by atomic mass is 9.73. The van der Waals surface area contributed by atoms with Gasteiger partial charge in [-0.25, -0.2) is 4.68 Å². The maximum atomic E-state index is 13.3. The molecule has 0 bridgehead atoms. The molecule has 1 aliphatic heterocycles. The summed E-state index contributed by atoms with van der Waals surface area (Å²) >= 11 is 0. The van der Waals surface area contributed by atoms with Crippen molar-refractivity contribution < 1.29 is 4.79 Å². The summed E-state index contributed by atoms with van der Waals surface area (Å²) in [7, 11) is 4.04. The molecule has 0 saturated heterocycles. The molecule has 1 atom stereocenters. The first-order valence-electron chi connectivity index (χ1n) is 10.6. The van der Waals surface area contributed by atoms with Gasteiger partial charge in [0.05, 0.1) is 0 Å². The first-order chi connectivity index (χ1) is 14.8. The minimum Gasteiger partial charge on any atom is -0.378 e. The molecule has 2 aromatic carbocycles. The second-order valence-corrected chi connectivity index (χ2v) is 9.42. The molecule has 0 spiro atoms. The Morgan fingerprint density at radius 1 is 1.03 bits per heavy atom. The minimum absolute atomic E-state index is 0.0722. The van der Waals surface area contributed by atoms with E-state index in [1.165, 1.54) is 0 Å². The van der Waals surface area contributed by atoms with Crippen LogP contribution in [0, 0.1) is 5.41 Å². The van der Waals surface area contributed by atoms with E-state index in [4.69, 9.17) is 10.1 Å². The van der Waals surface area contributed by atoms with E-state index in [0.717, 1.165) is 34.5 Å². The third-order valence-electron chi connectivity index (χ3n) is 6.09. The zero-order chi connectivity index (χ0) is 21.8. The van der Waals surface area contributed by atoms with Crippen molar-refractivity contribution >= 4 is 17.4 Å². The second-order valence-electron chi connectivity index (χ2n) is 9.42. The molecular weight excluding hydrogens is 386 g/mol. The highest BCUT2D eigenvalue weighted by atomic mass is 16.1. The summed E-state index contributed by atoms with van der Waals surface area (Å²) in [4.78, 5) is 20.1.